The van der Waals surface area contributed by atoms with Crippen LogP contribution in [0.15, 0.2) is 89.5 Å². The summed E-state index contributed by atoms with van der Waals surface area (Å²) in [5.74, 6) is 0.477. The molecule has 0 bridgehead atoms. The van der Waals surface area contributed by atoms with Gasteiger partial charge in [0.05, 0.1) is 11.8 Å². The molecule has 3 N–H and O–H groups in total. The lowest BCUT2D eigenvalue weighted by atomic mass is 10.1. The minimum atomic E-state index is -0.579. The summed E-state index contributed by atoms with van der Waals surface area (Å²) in [6.07, 6.45) is 1.64. The van der Waals surface area contributed by atoms with Crippen molar-refractivity contribution < 1.29 is 18.7 Å². The third-order valence-electron chi connectivity index (χ3n) is 4.44. The highest BCUT2D eigenvalue weighted by atomic mass is 16.5. The molecule has 7 heteroatoms. The van der Waals surface area contributed by atoms with Crippen molar-refractivity contribution in [3.63, 3.8) is 0 Å². The number of carbonyl (C=O) groups excluding carboxylic acids is 2. The molecule has 7 nitrogen and oxygen atoms in total. The maximum Gasteiger partial charge on any atom is 0.256 e. The highest BCUT2D eigenvalue weighted by Gasteiger charge is 2.17. The first kappa shape index (κ1) is 19.9. The van der Waals surface area contributed by atoms with Crippen LogP contribution in [0.2, 0.25) is 0 Å². The van der Waals surface area contributed by atoms with Crippen LogP contribution in [0.5, 0.6) is 5.75 Å². The van der Waals surface area contributed by atoms with Gasteiger partial charge in [-0.05, 0) is 24.3 Å². The third-order valence-corrected chi connectivity index (χ3v) is 4.44. The smallest absolute Gasteiger partial charge is 0.256 e. The summed E-state index contributed by atoms with van der Waals surface area (Å²) in [5.41, 5.74) is 7.49. The Morgan fingerprint density at radius 1 is 0.968 bits per heavy atom. The van der Waals surface area contributed by atoms with Crippen molar-refractivity contribution in [1.29, 1.82) is 0 Å². The zero-order valence-corrected chi connectivity index (χ0v) is 16.4. The molecule has 3 aromatic carbocycles. The number of anilines is 1. The van der Waals surface area contributed by atoms with Gasteiger partial charge in [-0.2, -0.15) is 0 Å². The van der Waals surface area contributed by atoms with Gasteiger partial charge in [-0.15, -0.1) is 0 Å². The molecule has 1 heterocycles. The molecule has 0 aliphatic rings. The average Bonchev–Trinajstić information content (AvgIpc) is 3.29. The molecule has 0 fully saturated rings. The second-order valence-corrected chi connectivity index (χ2v) is 6.68. The van der Waals surface area contributed by atoms with Crippen molar-refractivity contribution in [2.24, 2.45) is 5.73 Å². The van der Waals surface area contributed by atoms with E-state index in [1.807, 2.05) is 36.4 Å². The predicted octanol–water partition coefficient (Wildman–Crippen LogP) is 4.13. The number of aromatic nitrogens is 1. The van der Waals surface area contributed by atoms with Crippen molar-refractivity contribution >= 4 is 17.5 Å². The van der Waals surface area contributed by atoms with Crippen molar-refractivity contribution in [1.82, 2.24) is 4.98 Å². The molecule has 154 valence electrons. The van der Waals surface area contributed by atoms with Crippen LogP contribution >= 0.6 is 0 Å². The highest BCUT2D eigenvalue weighted by Crippen LogP contribution is 2.29. The number of carbonyl (C=O) groups is 2. The van der Waals surface area contributed by atoms with Crippen LogP contribution in [0.25, 0.3) is 22.8 Å². The maximum atomic E-state index is 13.0. The number of nitrogens with two attached hydrogens (primary N) is 1. The van der Waals surface area contributed by atoms with Crippen LogP contribution in [0.3, 0.4) is 0 Å². The summed E-state index contributed by atoms with van der Waals surface area (Å²) in [4.78, 5) is 28.2. The van der Waals surface area contributed by atoms with E-state index in [4.69, 9.17) is 14.9 Å². The number of amides is 2. The Labute approximate surface area is 178 Å². The maximum absolute atomic E-state index is 13.0. The van der Waals surface area contributed by atoms with Gasteiger partial charge < -0.3 is 20.2 Å². The number of nitrogens with one attached hydrogen (secondary N) is 1. The Bertz CT molecular complexity index is 1220. The zero-order chi connectivity index (χ0) is 21.6. The summed E-state index contributed by atoms with van der Waals surface area (Å²) in [6.45, 7) is -0.242. The van der Waals surface area contributed by atoms with Crippen molar-refractivity contribution in [3.8, 4) is 28.5 Å². The van der Waals surface area contributed by atoms with E-state index in [1.165, 1.54) is 0 Å². The Morgan fingerprint density at radius 3 is 2.55 bits per heavy atom. The highest BCUT2D eigenvalue weighted by molar-refractivity contribution is 6.08. The summed E-state index contributed by atoms with van der Waals surface area (Å²) in [7, 11) is 0. The fraction of sp³-hybridized carbons (Fsp3) is 0.0417. The van der Waals surface area contributed by atoms with E-state index in [9.17, 15) is 9.59 Å². The minimum absolute atomic E-state index is 0.242. The van der Waals surface area contributed by atoms with Crippen LogP contribution in [0.1, 0.15) is 10.4 Å². The van der Waals surface area contributed by atoms with Gasteiger partial charge in [-0.25, -0.2) is 4.98 Å². The van der Waals surface area contributed by atoms with Gasteiger partial charge in [0, 0.05) is 22.9 Å². The second kappa shape index (κ2) is 8.96. The number of oxazole rings is 1. The summed E-state index contributed by atoms with van der Waals surface area (Å²) in [5, 5.41) is 2.83. The van der Waals surface area contributed by atoms with E-state index in [1.54, 1.807) is 48.7 Å². The molecule has 0 saturated heterocycles. The molecule has 0 aliphatic carbocycles. The number of nitrogens with zero attached hydrogens (tertiary/aromatic N) is 1. The standard InChI is InChI=1S/C24H19N3O4/c25-22(28)15-30-18-10-6-9-17(13-18)27-23(29)19-11-4-5-12-20(19)24-26-14-21(31-24)16-7-2-1-3-8-16/h1-14H,15H2,(H2,25,28)(H,27,29). The molecule has 1 aromatic heterocycles. The van der Waals surface area contributed by atoms with E-state index in [2.05, 4.69) is 10.3 Å². The van der Waals surface area contributed by atoms with Gasteiger partial charge in [-0.3, -0.25) is 9.59 Å². The Balaban J connectivity index is 1.57. The molecule has 31 heavy (non-hydrogen) atoms. The van der Waals surface area contributed by atoms with Gasteiger partial charge >= 0.3 is 0 Å². The zero-order valence-electron chi connectivity index (χ0n) is 16.4. The van der Waals surface area contributed by atoms with Crippen molar-refractivity contribution in [2.45, 2.75) is 0 Å². The molecular weight excluding hydrogens is 394 g/mol. The van der Waals surface area contributed by atoms with Crippen LogP contribution in [0.4, 0.5) is 5.69 Å². The van der Waals surface area contributed by atoms with Gasteiger partial charge in [-0.1, -0.05) is 48.5 Å². The first-order chi connectivity index (χ1) is 15.1. The Kier molecular flexibility index (Phi) is 5.75. The third kappa shape index (κ3) is 4.79. The lowest BCUT2D eigenvalue weighted by molar-refractivity contribution is -0.119. The van der Waals surface area contributed by atoms with E-state index in [-0.39, 0.29) is 12.5 Å². The van der Waals surface area contributed by atoms with E-state index < -0.39 is 5.91 Å². The van der Waals surface area contributed by atoms with Crippen LogP contribution in [-0.2, 0) is 4.79 Å². The largest absolute Gasteiger partial charge is 0.484 e. The van der Waals surface area contributed by atoms with E-state index in [0.717, 1.165) is 5.56 Å². The normalized spacial score (nSPS) is 10.5. The molecule has 0 aliphatic heterocycles. The summed E-state index contributed by atoms with van der Waals surface area (Å²) >= 11 is 0. The van der Waals surface area contributed by atoms with Gasteiger partial charge in [0.1, 0.15) is 5.75 Å². The molecule has 0 unspecified atom stereocenters. The van der Waals surface area contributed by atoms with Gasteiger partial charge in [0.25, 0.3) is 11.8 Å². The van der Waals surface area contributed by atoms with Crippen LogP contribution < -0.4 is 15.8 Å². The summed E-state index contributed by atoms with van der Waals surface area (Å²) < 4.78 is 11.2. The number of primary amides is 1. The lowest BCUT2D eigenvalue weighted by Crippen LogP contribution is -2.20. The molecule has 0 atom stereocenters. The molecular formula is C24H19N3O4. The fourth-order valence-electron chi connectivity index (χ4n) is 3.02. The molecule has 4 rings (SSSR count). The number of benzene rings is 3. The number of hydrogen-bond acceptors (Lipinski definition) is 5. The van der Waals surface area contributed by atoms with E-state index >= 15 is 0 Å². The van der Waals surface area contributed by atoms with Crippen molar-refractivity contribution in [2.75, 3.05) is 11.9 Å². The molecule has 4 aromatic rings. The lowest BCUT2D eigenvalue weighted by Gasteiger charge is -2.10. The first-order valence-electron chi connectivity index (χ1n) is 9.53. The summed E-state index contributed by atoms with van der Waals surface area (Å²) in [6, 6.07) is 23.4. The SMILES string of the molecule is NC(=O)COc1cccc(NC(=O)c2ccccc2-c2ncc(-c3ccccc3)o2)c1. The molecule has 2 amide bonds. The number of hydrogen-bond donors (Lipinski definition) is 2. The number of ether oxygens (including phenoxy) is 1. The topological polar surface area (TPSA) is 107 Å². The van der Waals surface area contributed by atoms with Crippen molar-refractivity contribution in [3.05, 3.63) is 90.6 Å². The fourth-order valence-corrected chi connectivity index (χ4v) is 3.02. The van der Waals surface area contributed by atoms with Crippen LogP contribution in [0, 0.1) is 0 Å². The van der Waals surface area contributed by atoms with Crippen LogP contribution in [-0.4, -0.2) is 23.4 Å². The van der Waals surface area contributed by atoms with Gasteiger partial charge in [0.15, 0.2) is 12.4 Å². The molecule has 0 saturated carbocycles. The van der Waals surface area contributed by atoms with Gasteiger partial charge in [0.2, 0.25) is 5.89 Å². The first-order valence-corrected chi connectivity index (χ1v) is 9.53. The molecule has 0 spiro atoms. The average molecular weight is 413 g/mol. The Morgan fingerprint density at radius 2 is 1.74 bits per heavy atom. The molecule has 0 radical (unpaired) electrons. The quantitative estimate of drug-likeness (QED) is 0.474. The minimum Gasteiger partial charge on any atom is -0.484 e. The van der Waals surface area contributed by atoms with E-state index in [0.29, 0.717) is 34.2 Å². The number of rotatable bonds is 7. The second-order valence-electron chi connectivity index (χ2n) is 6.68. The predicted molar refractivity (Wildman–Crippen MR) is 116 cm³/mol. The monoisotopic (exact) mass is 413 g/mol. The Hall–Kier alpha value is -4.39.